The number of nitrogens with zero attached hydrogens (tertiary/aromatic N) is 2. The number of rotatable bonds is 23. The van der Waals surface area contributed by atoms with Gasteiger partial charge in [0.2, 0.25) is 23.7 Å². The summed E-state index contributed by atoms with van der Waals surface area (Å²) >= 11 is 0. The van der Waals surface area contributed by atoms with E-state index >= 15 is 0 Å². The molecule has 22 nitrogen and oxygen atoms in total. The van der Waals surface area contributed by atoms with E-state index in [1.54, 1.807) is 71.9 Å². The maximum Gasteiger partial charge on any atom is 0.407 e. The van der Waals surface area contributed by atoms with Gasteiger partial charge in [0.05, 0.1) is 18.0 Å². The number of hydrogen-bond acceptors (Lipinski definition) is 13. The lowest BCUT2D eigenvalue weighted by Gasteiger charge is -2.25. The summed E-state index contributed by atoms with van der Waals surface area (Å²) in [5.41, 5.74) is 8.01. The van der Waals surface area contributed by atoms with Gasteiger partial charge in [-0.3, -0.25) is 29.2 Å². The number of urea groups is 1. The van der Waals surface area contributed by atoms with Crippen molar-refractivity contribution in [1.82, 2.24) is 36.3 Å². The summed E-state index contributed by atoms with van der Waals surface area (Å²) in [5.74, 6) is 1.70. The molecule has 0 fully saturated rings. The van der Waals surface area contributed by atoms with Gasteiger partial charge < -0.3 is 46.9 Å². The highest BCUT2D eigenvalue weighted by Crippen LogP contribution is 2.43. The van der Waals surface area contributed by atoms with Crippen molar-refractivity contribution in [2.45, 2.75) is 148 Å². The molecule has 3 rings (SSSR count). The van der Waals surface area contributed by atoms with E-state index < -0.39 is 99.9 Å². The predicted octanol–water partition coefficient (Wildman–Crippen LogP) is 2.00. The van der Waals surface area contributed by atoms with E-state index in [1.807, 2.05) is 13.8 Å². The van der Waals surface area contributed by atoms with Crippen LogP contribution in [-0.2, 0) is 51.7 Å². The van der Waals surface area contributed by atoms with Gasteiger partial charge in [0, 0.05) is 31.5 Å². The fourth-order valence-electron chi connectivity index (χ4n) is 7.26. The van der Waals surface area contributed by atoms with Gasteiger partial charge in [0.1, 0.15) is 40.9 Å². The Morgan fingerprint density at radius 1 is 0.882 bits per heavy atom. The quantitative estimate of drug-likeness (QED) is 0.0192. The summed E-state index contributed by atoms with van der Waals surface area (Å²) in [6, 6.07) is 3.79. The topological polar surface area (TPSA) is 332 Å². The number of aliphatic carboxylic acids is 1. The van der Waals surface area contributed by atoms with Gasteiger partial charge in [-0.05, 0) is 117 Å². The number of guanidine groups is 1. The van der Waals surface area contributed by atoms with Crippen molar-refractivity contribution in [3.8, 4) is 5.75 Å². The molecule has 0 radical (unpaired) electrons. The Hall–Kier alpha value is -6.49. The Balaban J connectivity index is 1.81. The molecular weight excluding hydrogens is 905 g/mol. The van der Waals surface area contributed by atoms with Crippen LogP contribution in [0.3, 0.4) is 0 Å². The number of Topliss-reactive ketones (excluding diaryl/α,β-unsaturated/α-hetero) is 1. The van der Waals surface area contributed by atoms with Crippen molar-refractivity contribution in [2.24, 2.45) is 16.6 Å². The first-order chi connectivity index (χ1) is 31.6. The number of sulfonamides is 1. The maximum atomic E-state index is 14.0. The van der Waals surface area contributed by atoms with Crippen molar-refractivity contribution in [3.63, 3.8) is 0 Å². The van der Waals surface area contributed by atoms with Gasteiger partial charge in [-0.1, -0.05) is 30.3 Å². The molecule has 6 amide bonds. The van der Waals surface area contributed by atoms with Gasteiger partial charge in [0.15, 0.2) is 0 Å². The summed E-state index contributed by atoms with van der Waals surface area (Å²) in [6.45, 7) is 14.6. The third-order valence-electron chi connectivity index (χ3n) is 10.6. The van der Waals surface area contributed by atoms with Gasteiger partial charge in [-0.25, -0.2) is 33.4 Å². The summed E-state index contributed by atoms with van der Waals surface area (Å²) < 4.78 is 41.2. The first-order valence-electron chi connectivity index (χ1n) is 22.2. The van der Waals surface area contributed by atoms with Gasteiger partial charge in [-0.2, -0.15) is 0 Å². The minimum absolute atomic E-state index is 0.0116. The maximum absolute atomic E-state index is 14.0. The number of amides is 6. The van der Waals surface area contributed by atoms with E-state index in [-0.39, 0.29) is 43.8 Å². The van der Waals surface area contributed by atoms with E-state index in [4.69, 9.17) is 21.1 Å². The van der Waals surface area contributed by atoms with E-state index in [0.29, 0.717) is 47.3 Å². The number of carbonyl (C=O) groups excluding carboxylic acids is 6. The van der Waals surface area contributed by atoms with Crippen molar-refractivity contribution >= 4 is 57.6 Å². The number of ether oxygens (including phenoxy) is 2. The second-order valence-corrected chi connectivity index (χ2v) is 19.9. The highest BCUT2D eigenvalue weighted by Gasteiger charge is 2.37. The zero-order chi connectivity index (χ0) is 51.1. The summed E-state index contributed by atoms with van der Waals surface area (Å²) in [6.07, 6.45) is -0.0956. The second-order valence-electron chi connectivity index (χ2n) is 18.2. The van der Waals surface area contributed by atoms with Crippen LogP contribution in [0.5, 0.6) is 5.75 Å². The van der Waals surface area contributed by atoms with Crippen LogP contribution < -0.4 is 47.6 Å². The van der Waals surface area contributed by atoms with E-state index in [0.717, 1.165) is 17.5 Å². The van der Waals surface area contributed by atoms with Crippen LogP contribution in [0, 0.1) is 20.8 Å². The zero-order valence-corrected chi connectivity index (χ0v) is 41.1. The number of carboxylic acids is 1. The smallest absolute Gasteiger partial charge is 0.407 e. The van der Waals surface area contributed by atoms with E-state index in [1.165, 1.54) is 0 Å². The fourth-order valence-corrected chi connectivity index (χ4v) is 8.78. The normalized spacial score (nSPS) is 14.5. The number of unbranched alkanes of at least 4 members (excludes halogenated alkanes) is 1. The second kappa shape index (κ2) is 24.5. The van der Waals surface area contributed by atoms with Crippen LogP contribution in [0.25, 0.3) is 0 Å². The molecule has 3 atom stereocenters. The number of hydrogen-bond donors (Lipinski definition) is 9. The van der Waals surface area contributed by atoms with E-state index in [2.05, 4.69) is 36.3 Å². The molecule has 376 valence electrons. The Bertz CT molecular complexity index is 2320. The number of carbonyl (C=O) groups is 7. The van der Waals surface area contributed by atoms with Crippen LogP contribution in [0.1, 0.15) is 108 Å². The van der Waals surface area contributed by atoms with Crippen LogP contribution in [0.4, 0.5) is 9.59 Å². The minimum Gasteiger partial charge on any atom is -0.487 e. The predicted molar refractivity (Wildman–Crippen MR) is 251 cm³/mol. The molecule has 1 aliphatic rings. The third kappa shape index (κ3) is 17.6. The number of fused-ring (bicyclic) bond motifs is 1. The van der Waals surface area contributed by atoms with Crippen LogP contribution in [-0.4, -0.2) is 115 Å². The van der Waals surface area contributed by atoms with Crippen molar-refractivity contribution in [3.05, 3.63) is 58.1 Å². The molecule has 23 heteroatoms. The molecular formula is C45H68N10O12S. The van der Waals surface area contributed by atoms with Crippen LogP contribution in [0.2, 0.25) is 0 Å². The van der Waals surface area contributed by atoms with Gasteiger partial charge >= 0.3 is 18.1 Å². The molecule has 0 saturated heterocycles. The highest BCUT2D eigenvalue weighted by molar-refractivity contribution is 7.90. The Morgan fingerprint density at radius 2 is 1.51 bits per heavy atom. The number of hydrazine groups is 1. The number of carboxylic acid groups (broad SMARTS) is 1. The average Bonchev–Trinajstić information content (AvgIpc) is 3.56. The molecule has 11 N–H and O–H groups in total. The number of benzene rings is 2. The zero-order valence-electron chi connectivity index (χ0n) is 40.3. The lowest BCUT2D eigenvalue weighted by atomic mass is 9.94. The molecule has 0 aromatic heterocycles. The molecule has 0 saturated carbocycles. The van der Waals surface area contributed by atoms with Crippen molar-refractivity contribution in [1.29, 1.82) is 0 Å². The summed E-state index contributed by atoms with van der Waals surface area (Å²) in [5, 5.41) is 22.7. The molecule has 0 spiro atoms. The molecule has 0 aliphatic carbocycles. The fraction of sp³-hybridized carbons (Fsp3) is 0.556. The van der Waals surface area contributed by atoms with Crippen molar-refractivity contribution < 1.29 is 56.6 Å². The first-order valence-corrected chi connectivity index (χ1v) is 23.7. The summed E-state index contributed by atoms with van der Waals surface area (Å²) in [4.78, 5) is 93.3. The molecule has 2 aromatic carbocycles. The number of ketones is 1. The highest BCUT2D eigenvalue weighted by atomic mass is 32.2. The monoisotopic (exact) mass is 972 g/mol. The van der Waals surface area contributed by atoms with E-state index in [9.17, 15) is 47.1 Å². The van der Waals surface area contributed by atoms with Crippen LogP contribution >= 0.6 is 0 Å². The first kappa shape index (κ1) is 55.8. The number of nitrogens with one attached hydrogen (secondary N) is 6. The molecule has 68 heavy (non-hydrogen) atoms. The number of nitrogens with two attached hydrogens (primary N) is 2. The number of alkyl carbamates (subject to hydrolysis) is 1. The molecule has 0 unspecified atom stereocenters. The number of aliphatic imine (C=N–C) groups is 1. The molecule has 1 aliphatic heterocycles. The standard InChI is InChI=1S/C45H68N10O12S/c1-26(56)22-34(40(60)61)51-35(57)24-50-38(58)32(19-15-21-48-41(46)54-68(64,65)37-28(3)27(2)36-31(29(37)4)23-45(8,9)66-36)52-39(59)33(18-13-14-20-49-43(63)67-44(5,6)7)53-42(62)55(47)25-30-16-11-10-12-17-30/h10-12,16-17,32-34H,13-15,18-25,47H2,1-9H3,(H,49,63)(H,50,58)(H,51,57)(H,52,59)(H,53,62)(H,60,61)(H3,46,48,54)/t32-,33-,34-/m0/s1. The Morgan fingerprint density at radius 3 is 2.13 bits per heavy atom. The average molecular weight is 973 g/mol. The third-order valence-corrected chi connectivity index (χ3v) is 12.2. The largest absolute Gasteiger partial charge is 0.487 e. The van der Waals surface area contributed by atoms with Crippen LogP contribution in [0.15, 0.2) is 40.2 Å². The SMILES string of the molecule is CC(=O)C[C@H](NC(=O)CNC(=O)[C@H](CCCN=C(N)NS(=O)(=O)c1c(C)c(C)c2c(c1C)CC(C)(C)O2)NC(=O)[C@H](CCCCNC(=O)OC(C)(C)C)NC(=O)N(N)Cc1ccccc1)C(=O)O. The van der Waals surface area contributed by atoms with Crippen molar-refractivity contribution in [2.75, 3.05) is 19.6 Å². The Kier molecular flexibility index (Phi) is 20.1. The molecule has 2 aromatic rings. The molecule has 1 heterocycles. The van der Waals surface area contributed by atoms with Gasteiger partial charge in [0.25, 0.3) is 10.0 Å². The van der Waals surface area contributed by atoms with Gasteiger partial charge in [-0.15, -0.1) is 0 Å². The lowest BCUT2D eigenvalue weighted by molar-refractivity contribution is -0.143. The Labute approximate surface area is 397 Å². The summed E-state index contributed by atoms with van der Waals surface area (Å²) in [7, 11) is -4.24. The minimum atomic E-state index is -4.24. The molecule has 0 bridgehead atoms. The lowest BCUT2D eigenvalue weighted by Crippen LogP contribution is -2.57.